The van der Waals surface area contributed by atoms with Gasteiger partial charge in [0.25, 0.3) is 5.91 Å². The number of hydrazone groups is 1. The molecule has 0 aliphatic carbocycles. The van der Waals surface area contributed by atoms with E-state index in [9.17, 15) is 19.8 Å². The average molecular weight is 427 g/mol. The number of carbonyl (C=O) groups excluding carboxylic acids is 2. The van der Waals surface area contributed by atoms with Gasteiger partial charge in [0, 0.05) is 17.2 Å². The first kappa shape index (κ1) is 20.7. The quantitative estimate of drug-likeness (QED) is 0.333. The van der Waals surface area contributed by atoms with E-state index in [1.165, 1.54) is 25.5 Å². The first-order chi connectivity index (χ1) is 14.4. The molecule has 11 heteroatoms. The number of amides is 2. The molecular formula is C19H17N5O5S. The number of ether oxygens (including phenoxy) is 1. The number of nitrogens with one attached hydrogen (secondary N) is 2. The van der Waals surface area contributed by atoms with E-state index in [4.69, 9.17) is 4.74 Å². The fraction of sp³-hybridized carbons (Fsp3) is 0.105. The number of phenols is 2. The Balaban J connectivity index is 1.52. The second-order valence-corrected chi connectivity index (χ2v) is 6.96. The summed E-state index contributed by atoms with van der Waals surface area (Å²) >= 11 is 1.07. The number of phenolic OH excluding ortho intramolecular Hbond substituents is 2. The fourth-order valence-electron chi connectivity index (χ4n) is 2.28. The highest BCUT2D eigenvalue weighted by atomic mass is 32.1. The highest BCUT2D eigenvalue weighted by Gasteiger charge is 2.12. The monoisotopic (exact) mass is 427 g/mol. The topological polar surface area (TPSA) is 146 Å². The summed E-state index contributed by atoms with van der Waals surface area (Å²) in [7, 11) is 1.54. The van der Waals surface area contributed by atoms with Crippen molar-refractivity contribution < 1.29 is 24.5 Å². The Hall–Kier alpha value is -3.99. The van der Waals surface area contributed by atoms with Crippen LogP contribution in [0, 0.1) is 0 Å². The number of anilines is 1. The maximum atomic E-state index is 12.2. The summed E-state index contributed by atoms with van der Waals surface area (Å²) < 4.78 is 5.05. The molecule has 0 spiro atoms. The van der Waals surface area contributed by atoms with Crippen molar-refractivity contribution >= 4 is 34.5 Å². The van der Waals surface area contributed by atoms with Crippen molar-refractivity contribution in [2.24, 2.45) is 5.10 Å². The molecule has 30 heavy (non-hydrogen) atoms. The number of hydrogen-bond donors (Lipinski definition) is 4. The van der Waals surface area contributed by atoms with Gasteiger partial charge >= 0.3 is 0 Å². The van der Waals surface area contributed by atoms with Gasteiger partial charge in [-0.3, -0.25) is 14.9 Å². The van der Waals surface area contributed by atoms with Crippen molar-refractivity contribution in [3.05, 3.63) is 58.6 Å². The molecule has 2 aromatic carbocycles. The van der Waals surface area contributed by atoms with E-state index >= 15 is 0 Å². The lowest BCUT2D eigenvalue weighted by Crippen LogP contribution is -2.19. The molecular weight excluding hydrogens is 410 g/mol. The van der Waals surface area contributed by atoms with Crippen LogP contribution in [0.3, 0.4) is 0 Å². The van der Waals surface area contributed by atoms with Gasteiger partial charge in [0.15, 0.2) is 0 Å². The number of rotatable bonds is 7. The Morgan fingerprint density at radius 1 is 1.17 bits per heavy atom. The minimum atomic E-state index is -0.450. The van der Waals surface area contributed by atoms with Crippen molar-refractivity contribution in [2.75, 3.05) is 12.4 Å². The number of benzene rings is 2. The zero-order valence-corrected chi connectivity index (χ0v) is 16.5. The van der Waals surface area contributed by atoms with Crippen LogP contribution in [0.15, 0.2) is 47.6 Å². The molecule has 2 amide bonds. The molecule has 0 aliphatic heterocycles. The molecule has 0 fully saturated rings. The van der Waals surface area contributed by atoms with Crippen LogP contribution in [0.4, 0.5) is 5.13 Å². The molecule has 0 saturated heterocycles. The van der Waals surface area contributed by atoms with Crippen LogP contribution < -0.4 is 15.5 Å². The van der Waals surface area contributed by atoms with E-state index in [1.807, 2.05) is 0 Å². The van der Waals surface area contributed by atoms with Gasteiger partial charge in [-0.2, -0.15) is 5.10 Å². The molecule has 3 aromatic rings. The maximum absolute atomic E-state index is 12.2. The Morgan fingerprint density at radius 2 is 1.93 bits per heavy atom. The fourth-order valence-corrected chi connectivity index (χ4v) is 3.01. The van der Waals surface area contributed by atoms with Crippen molar-refractivity contribution in [2.45, 2.75) is 6.42 Å². The number of aromatic nitrogens is 2. The van der Waals surface area contributed by atoms with Crippen LogP contribution in [-0.2, 0) is 11.2 Å². The lowest BCUT2D eigenvalue weighted by Gasteiger charge is -2.02. The summed E-state index contributed by atoms with van der Waals surface area (Å²) in [6, 6.07) is 10.6. The maximum Gasteiger partial charge on any atom is 0.257 e. The van der Waals surface area contributed by atoms with E-state index in [-0.39, 0.29) is 29.0 Å². The largest absolute Gasteiger partial charge is 0.508 e. The van der Waals surface area contributed by atoms with Crippen molar-refractivity contribution in [3.63, 3.8) is 0 Å². The minimum absolute atomic E-state index is 0.0835. The molecule has 1 aromatic heterocycles. The number of nitrogens with zero attached hydrogens (tertiary/aromatic N) is 3. The van der Waals surface area contributed by atoms with Crippen molar-refractivity contribution in [1.29, 1.82) is 0 Å². The average Bonchev–Trinajstić information content (AvgIpc) is 3.16. The normalized spacial score (nSPS) is 10.7. The number of methoxy groups -OCH3 is 1. The molecule has 0 bridgehead atoms. The summed E-state index contributed by atoms with van der Waals surface area (Å²) in [5.41, 5.74) is 3.06. The van der Waals surface area contributed by atoms with Gasteiger partial charge in [-0.25, -0.2) is 5.43 Å². The summed E-state index contributed by atoms with van der Waals surface area (Å²) in [6.45, 7) is 0. The smallest absolute Gasteiger partial charge is 0.257 e. The standard InChI is InChI=1S/C19H17N5O5S/c1-29-14-6-3-11(4-7-14)18(28)21-19-24-23-17(30-19)9-16(27)22-20-10-12-2-5-13(25)8-15(12)26/h2-8,10,25-26H,9H2,1H3,(H,22,27)(H,21,24,28)/b20-10-. The van der Waals surface area contributed by atoms with Gasteiger partial charge < -0.3 is 14.9 Å². The molecule has 154 valence electrons. The molecule has 0 aliphatic rings. The van der Waals surface area contributed by atoms with Gasteiger partial charge in [0.1, 0.15) is 22.3 Å². The predicted molar refractivity (Wildman–Crippen MR) is 110 cm³/mol. The van der Waals surface area contributed by atoms with Gasteiger partial charge in [-0.1, -0.05) is 11.3 Å². The van der Waals surface area contributed by atoms with Crippen LogP contribution in [0.1, 0.15) is 20.9 Å². The summed E-state index contributed by atoms with van der Waals surface area (Å²) in [5.74, 6) is -0.426. The Kier molecular flexibility index (Phi) is 6.55. The second kappa shape index (κ2) is 9.47. The number of carbonyl (C=O) groups is 2. The van der Waals surface area contributed by atoms with Crippen molar-refractivity contribution in [1.82, 2.24) is 15.6 Å². The lowest BCUT2D eigenvalue weighted by atomic mass is 10.2. The third kappa shape index (κ3) is 5.52. The van der Waals surface area contributed by atoms with Crippen LogP contribution in [0.5, 0.6) is 17.2 Å². The first-order valence-corrected chi connectivity index (χ1v) is 9.38. The summed E-state index contributed by atoms with van der Waals surface area (Å²) in [6.07, 6.45) is 1.16. The van der Waals surface area contributed by atoms with Crippen molar-refractivity contribution in [3.8, 4) is 17.2 Å². The molecule has 0 radical (unpaired) electrons. The van der Waals surface area contributed by atoms with Gasteiger partial charge in [-0.05, 0) is 36.4 Å². The summed E-state index contributed by atoms with van der Waals surface area (Å²) in [5, 5.41) is 33.6. The highest BCUT2D eigenvalue weighted by Crippen LogP contribution is 2.21. The molecule has 0 unspecified atom stereocenters. The zero-order chi connectivity index (χ0) is 21.5. The van der Waals surface area contributed by atoms with Gasteiger partial charge in [0.05, 0.1) is 19.7 Å². The van der Waals surface area contributed by atoms with E-state index in [0.717, 1.165) is 17.4 Å². The van der Waals surface area contributed by atoms with E-state index in [0.29, 0.717) is 21.9 Å². The first-order valence-electron chi connectivity index (χ1n) is 8.56. The molecule has 4 N–H and O–H groups in total. The molecule has 3 rings (SSSR count). The van der Waals surface area contributed by atoms with Crippen LogP contribution >= 0.6 is 11.3 Å². The Morgan fingerprint density at radius 3 is 2.63 bits per heavy atom. The van der Waals surface area contributed by atoms with Crippen LogP contribution in [0.25, 0.3) is 0 Å². The van der Waals surface area contributed by atoms with Crippen LogP contribution in [0.2, 0.25) is 0 Å². The van der Waals surface area contributed by atoms with Gasteiger partial charge in [-0.15, -0.1) is 10.2 Å². The minimum Gasteiger partial charge on any atom is -0.508 e. The van der Waals surface area contributed by atoms with E-state index in [1.54, 1.807) is 24.3 Å². The zero-order valence-electron chi connectivity index (χ0n) is 15.7. The highest BCUT2D eigenvalue weighted by molar-refractivity contribution is 7.15. The molecule has 0 atom stereocenters. The van der Waals surface area contributed by atoms with E-state index in [2.05, 4.69) is 26.0 Å². The van der Waals surface area contributed by atoms with Crippen LogP contribution in [-0.4, -0.2) is 45.5 Å². The number of aromatic hydroxyl groups is 2. The molecule has 0 saturated carbocycles. The predicted octanol–water partition coefficient (Wildman–Crippen LogP) is 1.90. The summed E-state index contributed by atoms with van der Waals surface area (Å²) in [4.78, 5) is 24.2. The van der Waals surface area contributed by atoms with E-state index < -0.39 is 5.91 Å². The Bertz CT molecular complexity index is 1080. The SMILES string of the molecule is COc1ccc(C(=O)Nc2nnc(CC(=O)N/N=C\c3ccc(O)cc3O)s2)cc1. The molecule has 10 nitrogen and oxygen atoms in total. The molecule has 1 heterocycles. The third-order valence-corrected chi connectivity index (χ3v) is 4.60. The number of hydrogen-bond acceptors (Lipinski definition) is 9. The Labute approximate surface area is 174 Å². The second-order valence-electron chi connectivity index (χ2n) is 5.90. The van der Waals surface area contributed by atoms with Gasteiger partial charge in [0.2, 0.25) is 11.0 Å². The lowest BCUT2D eigenvalue weighted by molar-refractivity contribution is -0.120. The third-order valence-electron chi connectivity index (χ3n) is 3.76.